The van der Waals surface area contributed by atoms with Crippen molar-refractivity contribution in [2.24, 2.45) is 0 Å². The Labute approximate surface area is 306 Å². The summed E-state index contributed by atoms with van der Waals surface area (Å²) in [4.78, 5) is 72.5. The number of fused-ring (bicyclic) bond motifs is 4. The molecule has 1 aliphatic carbocycles. The number of aldehydes is 1. The second-order valence-corrected chi connectivity index (χ2v) is 13.3. The van der Waals surface area contributed by atoms with Gasteiger partial charge in [0.15, 0.2) is 11.9 Å². The number of carbonyl (C=O) groups excluding carboxylic acids is 3. The van der Waals surface area contributed by atoms with Gasteiger partial charge in [-0.05, 0) is 46.0 Å². The van der Waals surface area contributed by atoms with E-state index in [9.17, 15) is 38.8 Å². The second-order valence-electron chi connectivity index (χ2n) is 11.9. The SMILES string of the molecule is C=CCOC(=O)[C@H](Cc1cc(=O)oc2c(C=O)c(OP(=O)(O)OCc3ccccc3[N+](=O)[O-])ccc12)NC(=O)OCC1c2ccccc2-c2ccccc21. The van der Waals surface area contributed by atoms with Crippen molar-refractivity contribution in [3.63, 3.8) is 0 Å². The van der Waals surface area contributed by atoms with Crippen LogP contribution in [0.4, 0.5) is 10.5 Å². The fraction of sp³-hybridized carbons (Fsp3) is 0.158. The zero-order chi connectivity index (χ0) is 38.4. The van der Waals surface area contributed by atoms with Crippen LogP contribution in [0.1, 0.15) is 38.5 Å². The lowest BCUT2D eigenvalue weighted by molar-refractivity contribution is -0.385. The quantitative estimate of drug-likeness (QED) is 0.0226. The number of nitro groups is 1. The summed E-state index contributed by atoms with van der Waals surface area (Å²) in [5, 5.41) is 13.9. The Morgan fingerprint density at radius 2 is 1.65 bits per heavy atom. The number of amides is 1. The molecule has 54 heavy (non-hydrogen) atoms. The van der Waals surface area contributed by atoms with Crippen LogP contribution in [0.3, 0.4) is 0 Å². The number of benzene rings is 4. The summed E-state index contributed by atoms with van der Waals surface area (Å²) in [5.41, 5.74) is 2.01. The Morgan fingerprint density at radius 1 is 0.981 bits per heavy atom. The van der Waals surface area contributed by atoms with Gasteiger partial charge in [-0.2, -0.15) is 0 Å². The van der Waals surface area contributed by atoms with Gasteiger partial charge in [0, 0.05) is 29.9 Å². The van der Waals surface area contributed by atoms with Gasteiger partial charge in [-0.3, -0.25) is 24.3 Å². The van der Waals surface area contributed by atoms with Crippen LogP contribution < -0.4 is 15.5 Å². The summed E-state index contributed by atoms with van der Waals surface area (Å²) >= 11 is 0. The Morgan fingerprint density at radius 3 is 2.31 bits per heavy atom. The molecule has 0 saturated heterocycles. The van der Waals surface area contributed by atoms with Crippen molar-refractivity contribution < 1.29 is 51.7 Å². The average molecular weight is 755 g/mol. The van der Waals surface area contributed by atoms with Crippen molar-refractivity contribution in [2.45, 2.75) is 25.0 Å². The molecule has 0 bridgehead atoms. The van der Waals surface area contributed by atoms with E-state index in [1.165, 1.54) is 36.4 Å². The molecule has 0 saturated carbocycles. The molecule has 1 heterocycles. The van der Waals surface area contributed by atoms with Crippen LogP contribution in [0.2, 0.25) is 0 Å². The van der Waals surface area contributed by atoms with Crippen molar-refractivity contribution in [2.75, 3.05) is 13.2 Å². The van der Waals surface area contributed by atoms with Crippen molar-refractivity contribution >= 4 is 42.8 Å². The van der Waals surface area contributed by atoms with Gasteiger partial charge in [0.05, 0.1) is 17.1 Å². The lowest BCUT2D eigenvalue weighted by Gasteiger charge is -2.20. The summed E-state index contributed by atoms with van der Waals surface area (Å²) < 4.78 is 39.1. The van der Waals surface area contributed by atoms with Crippen LogP contribution in [0.25, 0.3) is 22.1 Å². The van der Waals surface area contributed by atoms with Crippen LogP contribution in [-0.4, -0.2) is 47.4 Å². The fourth-order valence-electron chi connectivity index (χ4n) is 6.20. The van der Waals surface area contributed by atoms with Gasteiger partial charge in [0.25, 0.3) is 5.69 Å². The van der Waals surface area contributed by atoms with E-state index < -0.39 is 54.4 Å². The largest absolute Gasteiger partial charge is 0.527 e. The molecule has 16 heteroatoms. The maximum Gasteiger partial charge on any atom is 0.527 e. The topological polar surface area (TPSA) is 211 Å². The number of nitrogens with one attached hydrogen (secondary N) is 1. The zero-order valence-electron chi connectivity index (χ0n) is 28.2. The van der Waals surface area contributed by atoms with E-state index in [1.807, 2.05) is 48.5 Å². The Bertz CT molecular complexity index is 2350. The van der Waals surface area contributed by atoms with E-state index in [4.69, 9.17) is 22.9 Å². The molecule has 0 spiro atoms. The third kappa shape index (κ3) is 8.13. The van der Waals surface area contributed by atoms with Gasteiger partial charge in [0.1, 0.15) is 30.6 Å². The highest BCUT2D eigenvalue weighted by molar-refractivity contribution is 7.47. The molecule has 6 rings (SSSR count). The number of nitrogens with zero attached hydrogens (tertiary/aromatic N) is 1. The van der Waals surface area contributed by atoms with Crippen LogP contribution in [-0.2, 0) is 36.4 Å². The summed E-state index contributed by atoms with van der Waals surface area (Å²) in [6.07, 6.45) is 0.278. The normalized spacial score (nSPS) is 13.5. The second kappa shape index (κ2) is 16.1. The number of hydrogen-bond donors (Lipinski definition) is 2. The van der Waals surface area contributed by atoms with Crippen molar-refractivity contribution in [3.05, 3.63) is 152 Å². The monoisotopic (exact) mass is 754 g/mol. The first-order valence-electron chi connectivity index (χ1n) is 16.3. The van der Waals surface area contributed by atoms with Gasteiger partial charge in [-0.15, -0.1) is 0 Å². The Hall–Kier alpha value is -6.41. The van der Waals surface area contributed by atoms with Gasteiger partial charge >= 0.3 is 25.5 Å². The van der Waals surface area contributed by atoms with Crippen molar-refractivity contribution in [3.8, 4) is 16.9 Å². The molecule has 4 aromatic carbocycles. The Kier molecular flexibility index (Phi) is 11.1. The van der Waals surface area contributed by atoms with E-state index in [2.05, 4.69) is 11.9 Å². The number of phosphoric ester groups is 1. The average Bonchev–Trinajstić information content (AvgIpc) is 3.48. The molecule has 0 radical (unpaired) electrons. The first kappa shape index (κ1) is 37.4. The minimum Gasteiger partial charge on any atom is -0.460 e. The number of esters is 1. The number of nitro benzene ring substituents is 1. The van der Waals surface area contributed by atoms with Crippen LogP contribution in [0.15, 0.2) is 113 Å². The zero-order valence-corrected chi connectivity index (χ0v) is 29.1. The van der Waals surface area contributed by atoms with Crippen LogP contribution in [0, 0.1) is 10.1 Å². The highest BCUT2D eigenvalue weighted by Crippen LogP contribution is 2.47. The molecule has 0 aliphatic heterocycles. The summed E-state index contributed by atoms with van der Waals surface area (Å²) in [6, 6.07) is 23.0. The van der Waals surface area contributed by atoms with E-state index >= 15 is 0 Å². The molecule has 5 aromatic rings. The third-order valence-electron chi connectivity index (χ3n) is 8.59. The molecule has 15 nitrogen and oxygen atoms in total. The van der Waals surface area contributed by atoms with E-state index in [0.717, 1.165) is 34.4 Å². The molecule has 2 N–H and O–H groups in total. The lowest BCUT2D eigenvalue weighted by atomic mass is 9.98. The highest BCUT2D eigenvalue weighted by atomic mass is 31.2. The van der Waals surface area contributed by atoms with Crippen LogP contribution >= 0.6 is 7.82 Å². The van der Waals surface area contributed by atoms with Gasteiger partial charge < -0.3 is 23.7 Å². The lowest BCUT2D eigenvalue weighted by Crippen LogP contribution is -2.44. The number of rotatable bonds is 15. The summed E-state index contributed by atoms with van der Waals surface area (Å²) in [7, 11) is -5.02. The molecule has 0 fully saturated rings. The molecule has 1 unspecified atom stereocenters. The number of phosphoric acid groups is 1. The molecular weight excluding hydrogens is 723 g/mol. The molecular formula is C38H31N2O13P. The van der Waals surface area contributed by atoms with Crippen LogP contribution in [0.5, 0.6) is 5.75 Å². The number of hydrogen-bond acceptors (Lipinski definition) is 12. The summed E-state index contributed by atoms with van der Waals surface area (Å²) in [6.45, 7) is 2.61. The third-order valence-corrected chi connectivity index (χ3v) is 9.47. The highest BCUT2D eigenvalue weighted by Gasteiger charge is 2.32. The van der Waals surface area contributed by atoms with Crippen molar-refractivity contribution in [1.29, 1.82) is 0 Å². The van der Waals surface area contributed by atoms with E-state index in [-0.39, 0.29) is 59.6 Å². The first-order valence-corrected chi connectivity index (χ1v) is 17.8. The predicted molar refractivity (Wildman–Crippen MR) is 193 cm³/mol. The number of carbonyl (C=O) groups is 3. The molecule has 1 aromatic heterocycles. The molecule has 1 aliphatic rings. The van der Waals surface area contributed by atoms with Gasteiger partial charge in [0.2, 0.25) is 0 Å². The fourth-order valence-corrected chi connectivity index (χ4v) is 6.97. The molecule has 2 atom stereocenters. The minimum atomic E-state index is -5.02. The number of para-hydroxylation sites is 1. The maximum atomic E-state index is 13.2. The summed E-state index contributed by atoms with van der Waals surface area (Å²) in [5.74, 6) is -1.64. The van der Waals surface area contributed by atoms with E-state index in [1.54, 1.807) is 0 Å². The minimum absolute atomic E-state index is 0.0157. The number of ether oxygens (including phenoxy) is 2. The number of alkyl carbamates (subject to hydrolysis) is 1. The van der Waals surface area contributed by atoms with Gasteiger partial charge in [-0.25, -0.2) is 18.9 Å². The predicted octanol–water partition coefficient (Wildman–Crippen LogP) is 6.39. The smallest absolute Gasteiger partial charge is 0.460 e. The van der Waals surface area contributed by atoms with Crippen molar-refractivity contribution in [1.82, 2.24) is 5.32 Å². The standard InChI is InChI=1S/C38H31N2O13P/c1-2-17-49-37(43)32(39-38(44)50-22-31-28-12-6-4-10-26(28)27-11-5-7-13-29(27)31)18-24-19-35(42)52-36-25(24)15-16-34(30(36)20-41)53-54(47,48)51-21-23-9-3-8-14-33(23)40(45)46/h2-16,19-20,31-32H,1,17-18,21-22H2,(H,39,44)(H,47,48)/t32-/m0/s1. The Balaban J connectivity index is 1.22. The maximum absolute atomic E-state index is 13.2. The van der Waals surface area contributed by atoms with E-state index in [0.29, 0.717) is 0 Å². The molecule has 276 valence electrons. The van der Waals surface area contributed by atoms with Gasteiger partial charge in [-0.1, -0.05) is 73.3 Å². The first-order chi connectivity index (χ1) is 26.0. The molecule has 1 amide bonds.